The first kappa shape index (κ1) is 38.0. The number of halogens is 1. The molecule has 0 amide bonds. The van der Waals surface area contributed by atoms with Crippen molar-refractivity contribution in [2.75, 3.05) is 24.2 Å². The summed E-state index contributed by atoms with van der Waals surface area (Å²) in [6.45, 7) is 10.7. The van der Waals surface area contributed by atoms with Crippen LogP contribution in [-0.4, -0.2) is 42.7 Å². The van der Waals surface area contributed by atoms with E-state index >= 15 is 0 Å². The van der Waals surface area contributed by atoms with Crippen molar-refractivity contribution in [2.45, 2.75) is 27.3 Å². The number of allylic oxidation sites excluding steroid dienone is 3. The van der Waals surface area contributed by atoms with E-state index in [0.717, 1.165) is 37.5 Å². The minimum Gasteiger partial charge on any atom is -0.387 e. The third-order valence-corrected chi connectivity index (χ3v) is 9.69. The topological polar surface area (TPSA) is 120 Å². The summed E-state index contributed by atoms with van der Waals surface area (Å²) in [7, 11) is 1.84. The zero-order chi connectivity index (χ0) is 37.1. The van der Waals surface area contributed by atoms with Crippen molar-refractivity contribution < 1.29 is 0 Å². The highest BCUT2D eigenvalue weighted by Crippen LogP contribution is 2.35. The molecule has 0 saturated carbocycles. The molecular formula is C38H35ClN8O2S2. The number of hydrogen-bond acceptors (Lipinski definition) is 10. The van der Waals surface area contributed by atoms with Gasteiger partial charge in [-0.2, -0.15) is 0 Å². The Bertz CT molecular complexity index is 2530. The maximum Gasteiger partial charge on any atom is 0.275 e. The minimum atomic E-state index is -0.109. The Hall–Kier alpha value is -5.79. The van der Waals surface area contributed by atoms with Crippen LogP contribution in [0.2, 0.25) is 5.02 Å². The fraction of sp³-hybridized carbons (Fsp3) is 0.158. The number of nitrogens with one attached hydrogen (secondary N) is 2. The van der Waals surface area contributed by atoms with Gasteiger partial charge < -0.3 is 10.6 Å². The maximum atomic E-state index is 12.8. The summed E-state index contributed by atoms with van der Waals surface area (Å²) in [6.07, 6.45) is 23.5. The molecule has 0 saturated heterocycles. The Balaban J connectivity index is 0.000000195. The Morgan fingerprint density at radius 1 is 0.902 bits per heavy atom. The SMILES string of the molecule is C#C.C#CCNc1ccnc2sc3c(=O)n(CC=C)cnc3c12.CC=C(C)C.CNc1ccnc2sc3c(=O)n(-c4ccc(Cl)cc4)cnc3c12. The predicted octanol–water partition coefficient (Wildman–Crippen LogP) is 8.15. The van der Waals surface area contributed by atoms with Crippen LogP contribution < -0.4 is 21.8 Å². The number of anilines is 2. The van der Waals surface area contributed by atoms with E-state index < -0.39 is 0 Å². The molecule has 51 heavy (non-hydrogen) atoms. The Kier molecular flexibility index (Phi) is 13.2. The summed E-state index contributed by atoms with van der Waals surface area (Å²) in [5.74, 6) is 2.53. The zero-order valence-corrected chi connectivity index (χ0v) is 30.9. The normalized spacial score (nSPS) is 10.2. The predicted molar refractivity (Wildman–Crippen MR) is 217 cm³/mol. The standard InChI is InChI=1S/C16H11ClN4OS.C15H12N4OS.C5H10.C2H2/c1-18-11-6-7-19-15-12(11)13-14(23-15)16(22)21(8-20-13)10-4-2-9(17)3-5-10;1-3-6-16-10-5-7-17-14-11(10)12-13(21-14)15(20)19(8-4-2)9-18-12;1-4-5(2)3;1-2/h2-8H,1H3,(H,18,19);1,4-5,7,9H,2,6,8H2,(H,16,17);4H,1-3H3;1-2H. The summed E-state index contributed by atoms with van der Waals surface area (Å²) in [4.78, 5) is 44.4. The van der Waals surface area contributed by atoms with Crippen LogP contribution in [0.1, 0.15) is 20.8 Å². The zero-order valence-electron chi connectivity index (χ0n) is 28.5. The molecule has 0 aliphatic carbocycles. The van der Waals surface area contributed by atoms with Crippen molar-refractivity contribution in [3.05, 3.63) is 111 Å². The van der Waals surface area contributed by atoms with Crippen LogP contribution in [0.15, 0.2) is 95.3 Å². The molecule has 0 radical (unpaired) electrons. The Morgan fingerprint density at radius 2 is 1.45 bits per heavy atom. The molecule has 13 heteroatoms. The monoisotopic (exact) mass is 734 g/mol. The number of hydrogen-bond donors (Lipinski definition) is 2. The van der Waals surface area contributed by atoms with Crippen molar-refractivity contribution in [2.24, 2.45) is 0 Å². The molecule has 6 aromatic heterocycles. The van der Waals surface area contributed by atoms with Crippen LogP contribution in [0.5, 0.6) is 0 Å². The first-order valence-electron chi connectivity index (χ1n) is 15.4. The van der Waals surface area contributed by atoms with Crippen molar-refractivity contribution in [1.82, 2.24) is 29.1 Å². The molecule has 0 aliphatic heterocycles. The van der Waals surface area contributed by atoms with Gasteiger partial charge in [0, 0.05) is 42.4 Å². The van der Waals surface area contributed by atoms with E-state index in [2.05, 4.69) is 75.8 Å². The van der Waals surface area contributed by atoms with Gasteiger partial charge in [0.2, 0.25) is 0 Å². The van der Waals surface area contributed by atoms with Gasteiger partial charge in [-0.3, -0.25) is 18.7 Å². The molecule has 7 aromatic rings. The first-order chi connectivity index (χ1) is 24.7. The summed E-state index contributed by atoms with van der Waals surface area (Å²) in [5.41, 5.74) is 5.02. The average molecular weight is 735 g/mol. The van der Waals surface area contributed by atoms with Gasteiger partial charge in [0.15, 0.2) is 0 Å². The van der Waals surface area contributed by atoms with E-state index in [1.807, 2.05) is 26.1 Å². The summed E-state index contributed by atoms with van der Waals surface area (Å²) < 4.78 is 4.23. The van der Waals surface area contributed by atoms with Gasteiger partial charge in [0.05, 0.1) is 40.4 Å². The van der Waals surface area contributed by atoms with Crippen molar-refractivity contribution >= 4 is 86.5 Å². The van der Waals surface area contributed by atoms with Crippen molar-refractivity contribution in [3.8, 4) is 30.9 Å². The molecule has 0 atom stereocenters. The number of benzene rings is 1. The lowest BCUT2D eigenvalue weighted by Gasteiger charge is -2.05. The van der Waals surface area contributed by atoms with E-state index in [9.17, 15) is 9.59 Å². The van der Waals surface area contributed by atoms with Crippen LogP contribution in [0.4, 0.5) is 11.4 Å². The highest BCUT2D eigenvalue weighted by molar-refractivity contribution is 7.25. The first-order valence-corrected chi connectivity index (χ1v) is 17.4. The van der Waals surface area contributed by atoms with Crippen LogP contribution in [0.25, 0.3) is 46.6 Å². The molecule has 258 valence electrons. The molecule has 0 unspecified atom stereocenters. The quantitative estimate of drug-likeness (QED) is 0.130. The Morgan fingerprint density at radius 3 is 2.00 bits per heavy atom. The van der Waals surface area contributed by atoms with Gasteiger partial charge in [0.25, 0.3) is 11.1 Å². The number of pyridine rings is 2. The van der Waals surface area contributed by atoms with Crippen LogP contribution in [0.3, 0.4) is 0 Å². The lowest BCUT2D eigenvalue weighted by molar-refractivity contribution is 0.770. The molecule has 1 aromatic carbocycles. The van der Waals surface area contributed by atoms with Gasteiger partial charge in [-0.15, -0.1) is 48.5 Å². The fourth-order valence-electron chi connectivity index (χ4n) is 4.70. The second kappa shape index (κ2) is 17.7. The molecule has 0 aliphatic rings. The largest absolute Gasteiger partial charge is 0.387 e. The van der Waals surface area contributed by atoms with E-state index in [-0.39, 0.29) is 11.1 Å². The molecule has 6 heterocycles. The second-order valence-electron chi connectivity index (χ2n) is 10.7. The molecular weight excluding hydrogens is 700 g/mol. The number of nitrogens with zero attached hydrogens (tertiary/aromatic N) is 6. The molecule has 2 N–H and O–H groups in total. The van der Waals surface area contributed by atoms with Gasteiger partial charge in [-0.1, -0.05) is 35.2 Å². The Labute approximate surface area is 308 Å². The van der Waals surface area contributed by atoms with Gasteiger partial charge in [0.1, 0.15) is 25.4 Å². The van der Waals surface area contributed by atoms with Crippen LogP contribution in [-0.2, 0) is 6.54 Å². The van der Waals surface area contributed by atoms with E-state index in [1.165, 1.54) is 43.7 Å². The van der Waals surface area contributed by atoms with Gasteiger partial charge in [-0.05, 0) is 57.2 Å². The summed E-state index contributed by atoms with van der Waals surface area (Å²) in [5, 5.41) is 8.62. The van der Waals surface area contributed by atoms with Crippen molar-refractivity contribution in [1.29, 1.82) is 0 Å². The van der Waals surface area contributed by atoms with Gasteiger partial charge >= 0.3 is 0 Å². The minimum absolute atomic E-state index is 0.0780. The molecule has 7 rings (SSSR count). The summed E-state index contributed by atoms with van der Waals surface area (Å²) >= 11 is 8.60. The second-order valence-corrected chi connectivity index (χ2v) is 13.1. The lowest BCUT2D eigenvalue weighted by Crippen LogP contribution is -2.18. The fourth-order valence-corrected chi connectivity index (χ4v) is 6.95. The van der Waals surface area contributed by atoms with E-state index in [1.54, 1.807) is 49.1 Å². The number of terminal acetylenes is 2. The summed E-state index contributed by atoms with van der Waals surface area (Å²) in [6, 6.07) is 10.8. The molecule has 0 bridgehead atoms. The number of rotatable bonds is 6. The van der Waals surface area contributed by atoms with Crippen molar-refractivity contribution in [3.63, 3.8) is 0 Å². The van der Waals surface area contributed by atoms with Crippen LogP contribution in [0, 0.1) is 25.2 Å². The van der Waals surface area contributed by atoms with E-state index in [0.29, 0.717) is 38.5 Å². The third-order valence-electron chi connectivity index (χ3n) is 7.29. The number of fused-ring (bicyclic) bond motifs is 6. The molecule has 10 nitrogen and oxygen atoms in total. The van der Waals surface area contributed by atoms with E-state index in [4.69, 9.17) is 18.0 Å². The highest BCUT2D eigenvalue weighted by Gasteiger charge is 2.16. The average Bonchev–Trinajstić information content (AvgIpc) is 3.74. The molecule has 0 fully saturated rings. The van der Waals surface area contributed by atoms with Gasteiger partial charge in [-0.25, -0.2) is 19.9 Å². The maximum absolute atomic E-state index is 12.8. The molecule has 0 spiro atoms. The van der Waals surface area contributed by atoms with Crippen LogP contribution >= 0.6 is 34.3 Å². The lowest BCUT2D eigenvalue weighted by atomic mass is 10.2. The highest BCUT2D eigenvalue weighted by atomic mass is 35.5. The number of thiophene rings is 2. The third kappa shape index (κ3) is 8.34. The smallest absolute Gasteiger partial charge is 0.275 e. The number of aromatic nitrogens is 6.